The lowest BCUT2D eigenvalue weighted by Gasteiger charge is -2.39. The summed E-state index contributed by atoms with van der Waals surface area (Å²) < 4.78 is 0. The van der Waals surface area contributed by atoms with Crippen molar-refractivity contribution in [2.24, 2.45) is 10.8 Å². The maximum absolute atomic E-state index is 13.3. The highest BCUT2D eigenvalue weighted by atomic mass is 16.2. The number of fused-ring (bicyclic) bond motifs is 2. The Labute approximate surface area is 162 Å². The fraction of sp³-hybridized carbons (Fsp3) is 0.458. The molecular weight excluding hydrogens is 332 g/mol. The van der Waals surface area contributed by atoms with Crippen LogP contribution < -0.4 is 5.32 Å². The normalized spacial score (nSPS) is 26.2. The van der Waals surface area contributed by atoms with Crippen molar-refractivity contribution < 1.29 is 4.79 Å². The molecule has 2 aromatic carbocycles. The number of likely N-dealkylation sites (tertiary alicyclic amines) is 1. The quantitative estimate of drug-likeness (QED) is 0.780. The molecule has 142 valence electrons. The molecule has 2 amide bonds. The third kappa shape index (κ3) is 3.73. The average Bonchev–Trinajstić information content (AvgIpc) is 2.90. The van der Waals surface area contributed by atoms with Crippen LogP contribution >= 0.6 is 0 Å². The summed E-state index contributed by atoms with van der Waals surface area (Å²) in [5.74, 6) is 0. The molecule has 2 bridgehead atoms. The van der Waals surface area contributed by atoms with Gasteiger partial charge in [-0.2, -0.15) is 0 Å². The molecule has 1 N–H and O–H groups in total. The molecule has 1 saturated heterocycles. The summed E-state index contributed by atoms with van der Waals surface area (Å²) in [6, 6.07) is 20.8. The zero-order chi connectivity index (χ0) is 19.1. The van der Waals surface area contributed by atoms with Crippen molar-refractivity contribution in [1.29, 1.82) is 0 Å². The lowest BCUT2D eigenvalue weighted by Crippen LogP contribution is -2.45. The Bertz CT molecular complexity index is 762. The number of hydrogen-bond donors (Lipinski definition) is 1. The smallest absolute Gasteiger partial charge is 0.318 e. The second kappa shape index (κ2) is 6.70. The number of nitrogens with one attached hydrogen (secondary N) is 1. The van der Waals surface area contributed by atoms with Gasteiger partial charge in [0.25, 0.3) is 0 Å². The topological polar surface area (TPSA) is 32.3 Å². The summed E-state index contributed by atoms with van der Waals surface area (Å²) in [4.78, 5) is 15.4. The van der Waals surface area contributed by atoms with Gasteiger partial charge in [-0.15, -0.1) is 0 Å². The number of nitrogens with zero attached hydrogens (tertiary/aromatic N) is 1. The molecule has 1 aliphatic carbocycles. The third-order valence-electron chi connectivity index (χ3n) is 6.21. The highest BCUT2D eigenvalue weighted by molar-refractivity contribution is 5.76. The van der Waals surface area contributed by atoms with E-state index in [1.807, 2.05) is 36.4 Å². The van der Waals surface area contributed by atoms with Crippen LogP contribution in [0.5, 0.6) is 0 Å². The standard InChI is InChI=1S/C24H30N2O/c1-23(2)14-20-15-24(3,16-23)17-26(20)22(27)25-21(18-10-6-4-7-11-18)19-12-8-5-9-13-19/h4-13,20-21H,14-17H2,1-3H3,(H,25,27). The Balaban J connectivity index is 1.58. The van der Waals surface area contributed by atoms with E-state index in [0.717, 1.165) is 30.5 Å². The van der Waals surface area contributed by atoms with Crippen molar-refractivity contribution in [1.82, 2.24) is 10.2 Å². The van der Waals surface area contributed by atoms with Crippen molar-refractivity contribution in [2.75, 3.05) is 6.54 Å². The molecule has 27 heavy (non-hydrogen) atoms. The Morgan fingerprint density at radius 3 is 2.07 bits per heavy atom. The predicted molar refractivity (Wildman–Crippen MR) is 109 cm³/mol. The first-order chi connectivity index (χ1) is 12.9. The second-order valence-corrected chi connectivity index (χ2v) is 9.55. The van der Waals surface area contributed by atoms with E-state index >= 15 is 0 Å². The molecule has 0 aromatic heterocycles. The van der Waals surface area contributed by atoms with E-state index < -0.39 is 0 Å². The summed E-state index contributed by atoms with van der Waals surface area (Å²) in [6.45, 7) is 7.90. The molecule has 3 nitrogen and oxygen atoms in total. The molecular formula is C24H30N2O. The molecule has 1 heterocycles. The van der Waals surface area contributed by atoms with Gasteiger partial charge in [0.05, 0.1) is 6.04 Å². The van der Waals surface area contributed by atoms with E-state index in [4.69, 9.17) is 0 Å². The summed E-state index contributed by atoms with van der Waals surface area (Å²) in [6.07, 6.45) is 3.42. The zero-order valence-electron chi connectivity index (χ0n) is 16.6. The Hall–Kier alpha value is -2.29. The van der Waals surface area contributed by atoms with Gasteiger partial charge in [0.15, 0.2) is 0 Å². The van der Waals surface area contributed by atoms with Crippen molar-refractivity contribution in [2.45, 2.75) is 52.1 Å². The minimum Gasteiger partial charge on any atom is -0.327 e. The predicted octanol–water partition coefficient (Wildman–Crippen LogP) is 5.39. The molecule has 2 unspecified atom stereocenters. The average molecular weight is 363 g/mol. The zero-order valence-corrected chi connectivity index (χ0v) is 16.6. The van der Waals surface area contributed by atoms with E-state index in [1.54, 1.807) is 0 Å². The van der Waals surface area contributed by atoms with E-state index in [2.05, 4.69) is 55.3 Å². The van der Waals surface area contributed by atoms with Gasteiger partial charge in [0.1, 0.15) is 0 Å². The molecule has 2 aromatic rings. The van der Waals surface area contributed by atoms with E-state index in [0.29, 0.717) is 11.5 Å². The molecule has 1 aliphatic heterocycles. The van der Waals surface area contributed by atoms with Gasteiger partial charge in [0, 0.05) is 12.6 Å². The fourth-order valence-corrected chi connectivity index (χ4v) is 5.55. The molecule has 4 rings (SSSR count). The maximum atomic E-state index is 13.3. The van der Waals surface area contributed by atoms with Crippen molar-refractivity contribution in [3.05, 3.63) is 71.8 Å². The number of rotatable bonds is 3. The number of urea groups is 1. The third-order valence-corrected chi connectivity index (χ3v) is 6.21. The lowest BCUT2D eigenvalue weighted by molar-refractivity contribution is 0.129. The summed E-state index contributed by atoms with van der Waals surface area (Å²) in [7, 11) is 0. The molecule has 2 aliphatic rings. The summed E-state index contributed by atoms with van der Waals surface area (Å²) >= 11 is 0. The van der Waals surface area contributed by atoms with Crippen LogP contribution in [0.25, 0.3) is 0 Å². The highest BCUT2D eigenvalue weighted by Gasteiger charge is 2.51. The van der Waals surface area contributed by atoms with Gasteiger partial charge in [-0.05, 0) is 41.2 Å². The second-order valence-electron chi connectivity index (χ2n) is 9.55. The van der Waals surface area contributed by atoms with Gasteiger partial charge in [-0.1, -0.05) is 81.4 Å². The van der Waals surface area contributed by atoms with Crippen LogP contribution in [-0.2, 0) is 0 Å². The van der Waals surface area contributed by atoms with Gasteiger partial charge in [-0.3, -0.25) is 0 Å². The van der Waals surface area contributed by atoms with Gasteiger partial charge in [0.2, 0.25) is 0 Å². The molecule has 0 radical (unpaired) electrons. The van der Waals surface area contributed by atoms with Crippen LogP contribution in [0.2, 0.25) is 0 Å². The minimum atomic E-state index is -0.124. The number of carbonyl (C=O) groups excluding carboxylic acids is 1. The van der Waals surface area contributed by atoms with E-state index in [9.17, 15) is 4.79 Å². The molecule has 2 atom stereocenters. The Morgan fingerprint density at radius 2 is 1.52 bits per heavy atom. The molecule has 0 spiro atoms. The molecule has 1 saturated carbocycles. The number of carbonyl (C=O) groups is 1. The van der Waals surface area contributed by atoms with Crippen molar-refractivity contribution >= 4 is 6.03 Å². The first-order valence-corrected chi connectivity index (χ1v) is 10.0. The lowest BCUT2D eigenvalue weighted by atomic mass is 9.65. The fourth-order valence-electron chi connectivity index (χ4n) is 5.55. The number of amides is 2. The van der Waals surface area contributed by atoms with Crippen LogP contribution in [0.4, 0.5) is 4.79 Å². The van der Waals surface area contributed by atoms with Crippen molar-refractivity contribution in [3.63, 3.8) is 0 Å². The first-order valence-electron chi connectivity index (χ1n) is 10.0. The van der Waals surface area contributed by atoms with E-state index in [-0.39, 0.29) is 17.5 Å². The maximum Gasteiger partial charge on any atom is 0.318 e. The molecule has 3 heteroatoms. The monoisotopic (exact) mass is 362 g/mol. The SMILES string of the molecule is CC1(C)CC2CC(C)(CN2C(=O)NC(c2ccccc2)c2ccccc2)C1. The van der Waals surface area contributed by atoms with Gasteiger partial charge >= 0.3 is 6.03 Å². The van der Waals surface area contributed by atoms with Crippen LogP contribution in [0.15, 0.2) is 60.7 Å². The van der Waals surface area contributed by atoms with Gasteiger partial charge < -0.3 is 10.2 Å². The summed E-state index contributed by atoms with van der Waals surface area (Å²) in [5.41, 5.74) is 2.79. The number of benzene rings is 2. The Kier molecular flexibility index (Phi) is 4.49. The van der Waals surface area contributed by atoms with Crippen LogP contribution in [0.1, 0.15) is 57.2 Å². The first kappa shape index (κ1) is 18.1. The summed E-state index contributed by atoms with van der Waals surface area (Å²) in [5, 5.41) is 3.34. The number of hydrogen-bond acceptors (Lipinski definition) is 1. The van der Waals surface area contributed by atoms with E-state index in [1.165, 1.54) is 6.42 Å². The largest absolute Gasteiger partial charge is 0.327 e. The highest BCUT2D eigenvalue weighted by Crippen LogP contribution is 2.52. The molecule has 2 fully saturated rings. The minimum absolute atomic E-state index is 0.0686. The van der Waals surface area contributed by atoms with Crippen LogP contribution in [0, 0.1) is 10.8 Å². The van der Waals surface area contributed by atoms with Crippen LogP contribution in [0.3, 0.4) is 0 Å². The van der Waals surface area contributed by atoms with Gasteiger partial charge in [-0.25, -0.2) is 4.79 Å². The van der Waals surface area contributed by atoms with Crippen molar-refractivity contribution in [3.8, 4) is 0 Å². The van der Waals surface area contributed by atoms with Crippen LogP contribution in [-0.4, -0.2) is 23.5 Å². The Morgan fingerprint density at radius 1 is 0.963 bits per heavy atom.